The van der Waals surface area contributed by atoms with Gasteiger partial charge in [-0.05, 0) is 35.4 Å². The maximum Gasteiger partial charge on any atom is 0.325 e. The first kappa shape index (κ1) is 25.1. The second kappa shape index (κ2) is 11.4. The van der Waals surface area contributed by atoms with Gasteiger partial charge in [-0.1, -0.05) is 75.4 Å². The van der Waals surface area contributed by atoms with Crippen LogP contribution in [0.3, 0.4) is 0 Å². The molecule has 7 heteroatoms. The molecule has 0 aliphatic carbocycles. The van der Waals surface area contributed by atoms with Gasteiger partial charge in [0.15, 0.2) is 0 Å². The number of rotatable bonds is 9. The van der Waals surface area contributed by atoms with Gasteiger partial charge in [0.1, 0.15) is 19.2 Å². The van der Waals surface area contributed by atoms with E-state index in [9.17, 15) is 14.4 Å². The van der Waals surface area contributed by atoms with E-state index in [1.807, 2.05) is 82.3 Å². The molecule has 0 aliphatic rings. The van der Waals surface area contributed by atoms with Gasteiger partial charge in [0.2, 0.25) is 11.8 Å². The van der Waals surface area contributed by atoms with Gasteiger partial charge in [0.25, 0.3) is 0 Å². The van der Waals surface area contributed by atoms with Gasteiger partial charge in [-0.25, -0.2) is 0 Å². The van der Waals surface area contributed by atoms with Gasteiger partial charge in [-0.3, -0.25) is 14.4 Å². The first-order chi connectivity index (χ1) is 15.1. The monoisotopic (exact) mass is 439 g/mol. The van der Waals surface area contributed by atoms with Crippen LogP contribution in [-0.4, -0.2) is 36.4 Å². The maximum atomic E-state index is 12.8. The number of ether oxygens (including phenoxy) is 1. The number of hydrogen-bond acceptors (Lipinski definition) is 5. The molecule has 2 aromatic rings. The van der Waals surface area contributed by atoms with Crippen LogP contribution in [0, 0.1) is 12.3 Å². The Labute approximate surface area is 189 Å². The van der Waals surface area contributed by atoms with Gasteiger partial charge in [-0.15, -0.1) is 0 Å². The highest BCUT2D eigenvalue weighted by Crippen LogP contribution is 2.20. The summed E-state index contributed by atoms with van der Waals surface area (Å²) in [5.41, 5.74) is 8.41. The molecule has 0 aliphatic heterocycles. The molecule has 0 aromatic heterocycles. The summed E-state index contributed by atoms with van der Waals surface area (Å²) in [6, 6.07) is 15.3. The van der Waals surface area contributed by atoms with Crippen molar-refractivity contribution >= 4 is 17.8 Å². The molecule has 2 aromatic carbocycles. The summed E-state index contributed by atoms with van der Waals surface area (Å²) in [6.07, 6.45) is 0.364. The standard InChI is InChI=1S/C25H33N3O4/c1-17-10-8-9-13-19(17)14-20(26)23(30)28-22(25(2,3)4)24(31)27-15-21(29)32-16-18-11-6-5-7-12-18/h5-13,20,22H,14-16,26H2,1-4H3,(H,27,31)(H,28,30)/t20-,22+/m0/s1. The fourth-order valence-electron chi connectivity index (χ4n) is 3.14. The van der Waals surface area contributed by atoms with Crippen molar-refractivity contribution in [2.45, 2.75) is 52.8 Å². The first-order valence-electron chi connectivity index (χ1n) is 10.7. The molecular weight excluding hydrogens is 406 g/mol. The number of carbonyl (C=O) groups is 3. The van der Waals surface area contributed by atoms with Crippen molar-refractivity contribution in [2.24, 2.45) is 11.1 Å². The molecule has 32 heavy (non-hydrogen) atoms. The van der Waals surface area contributed by atoms with Crippen molar-refractivity contribution in [3.05, 3.63) is 71.3 Å². The van der Waals surface area contributed by atoms with Crippen LogP contribution in [0.2, 0.25) is 0 Å². The molecule has 7 nitrogen and oxygen atoms in total. The Balaban J connectivity index is 1.90. The van der Waals surface area contributed by atoms with Crippen LogP contribution in [0.5, 0.6) is 0 Å². The third-order valence-corrected chi connectivity index (χ3v) is 5.10. The minimum absolute atomic E-state index is 0.128. The van der Waals surface area contributed by atoms with Crippen molar-refractivity contribution in [2.75, 3.05) is 6.54 Å². The van der Waals surface area contributed by atoms with Gasteiger partial charge >= 0.3 is 5.97 Å². The van der Waals surface area contributed by atoms with Crippen LogP contribution in [-0.2, 0) is 32.1 Å². The smallest absolute Gasteiger partial charge is 0.325 e. The summed E-state index contributed by atoms with van der Waals surface area (Å²) in [5.74, 6) is -1.45. The molecule has 172 valence electrons. The zero-order valence-electron chi connectivity index (χ0n) is 19.2. The van der Waals surface area contributed by atoms with Crippen LogP contribution in [0.25, 0.3) is 0 Å². The van der Waals surface area contributed by atoms with Crippen molar-refractivity contribution < 1.29 is 19.1 Å². The van der Waals surface area contributed by atoms with Crippen LogP contribution < -0.4 is 16.4 Å². The van der Waals surface area contributed by atoms with E-state index < -0.39 is 35.3 Å². The molecule has 0 radical (unpaired) electrons. The number of aryl methyl sites for hydroxylation is 1. The lowest BCUT2D eigenvalue weighted by Gasteiger charge is -2.31. The van der Waals surface area contributed by atoms with Crippen molar-refractivity contribution in [1.82, 2.24) is 10.6 Å². The Hall–Kier alpha value is -3.19. The van der Waals surface area contributed by atoms with E-state index in [2.05, 4.69) is 10.6 Å². The minimum atomic E-state index is -0.861. The van der Waals surface area contributed by atoms with Crippen LogP contribution in [0.1, 0.15) is 37.5 Å². The number of carbonyl (C=O) groups excluding carboxylic acids is 3. The molecule has 0 saturated carbocycles. The van der Waals surface area contributed by atoms with E-state index in [1.165, 1.54) is 0 Å². The largest absolute Gasteiger partial charge is 0.460 e. The Kier molecular flexibility index (Phi) is 8.96. The molecule has 0 fully saturated rings. The lowest BCUT2D eigenvalue weighted by Crippen LogP contribution is -2.57. The fourth-order valence-corrected chi connectivity index (χ4v) is 3.14. The molecule has 2 amide bonds. The van der Waals surface area contributed by atoms with Crippen LogP contribution in [0.4, 0.5) is 0 Å². The summed E-state index contributed by atoms with van der Waals surface area (Å²) >= 11 is 0. The minimum Gasteiger partial charge on any atom is -0.460 e. The van der Waals surface area contributed by atoms with E-state index >= 15 is 0 Å². The lowest BCUT2D eigenvalue weighted by molar-refractivity contribution is -0.145. The Morgan fingerprint density at radius 3 is 2.22 bits per heavy atom. The summed E-state index contributed by atoms with van der Waals surface area (Å²) in [6.45, 7) is 7.29. The van der Waals surface area contributed by atoms with Crippen molar-refractivity contribution in [1.29, 1.82) is 0 Å². The third kappa shape index (κ3) is 7.81. The summed E-state index contributed by atoms with van der Waals surface area (Å²) < 4.78 is 5.18. The SMILES string of the molecule is Cc1ccccc1C[C@H](N)C(=O)N[C@H](C(=O)NCC(=O)OCc1ccccc1)C(C)(C)C. The first-order valence-corrected chi connectivity index (χ1v) is 10.7. The van der Waals surface area contributed by atoms with E-state index in [0.29, 0.717) is 6.42 Å². The zero-order chi connectivity index (χ0) is 23.7. The third-order valence-electron chi connectivity index (χ3n) is 5.10. The predicted octanol–water partition coefficient (Wildman–Crippen LogP) is 2.26. The zero-order valence-corrected chi connectivity index (χ0v) is 19.2. The Bertz CT molecular complexity index is 922. The summed E-state index contributed by atoms with van der Waals surface area (Å²) in [5, 5.41) is 5.31. The highest BCUT2D eigenvalue weighted by atomic mass is 16.5. The number of hydrogen-bond donors (Lipinski definition) is 3. The predicted molar refractivity (Wildman–Crippen MR) is 123 cm³/mol. The number of amides is 2. The Morgan fingerprint density at radius 1 is 0.969 bits per heavy atom. The normalized spacial score (nSPS) is 13.0. The van der Waals surface area contributed by atoms with Crippen LogP contribution >= 0.6 is 0 Å². The van der Waals surface area contributed by atoms with Gasteiger partial charge in [0.05, 0.1) is 6.04 Å². The van der Waals surface area contributed by atoms with Gasteiger partial charge in [0, 0.05) is 0 Å². The maximum absolute atomic E-state index is 12.8. The number of nitrogens with one attached hydrogen (secondary N) is 2. The lowest BCUT2D eigenvalue weighted by atomic mass is 9.85. The second-order valence-electron chi connectivity index (χ2n) is 8.91. The summed E-state index contributed by atoms with van der Waals surface area (Å²) in [4.78, 5) is 37.5. The van der Waals surface area contributed by atoms with Gasteiger partial charge in [-0.2, -0.15) is 0 Å². The average Bonchev–Trinajstić information content (AvgIpc) is 2.75. The molecular formula is C25H33N3O4. The molecule has 0 unspecified atom stereocenters. The molecule has 0 saturated heterocycles. The Morgan fingerprint density at radius 2 is 1.59 bits per heavy atom. The van der Waals surface area contributed by atoms with Crippen molar-refractivity contribution in [3.8, 4) is 0 Å². The van der Waals surface area contributed by atoms with Crippen molar-refractivity contribution in [3.63, 3.8) is 0 Å². The molecule has 0 bridgehead atoms. The number of benzene rings is 2. The van der Waals surface area contributed by atoms with Gasteiger partial charge < -0.3 is 21.1 Å². The highest BCUT2D eigenvalue weighted by Gasteiger charge is 2.34. The summed E-state index contributed by atoms with van der Waals surface area (Å²) in [7, 11) is 0. The highest BCUT2D eigenvalue weighted by molar-refractivity contribution is 5.91. The molecule has 0 spiro atoms. The molecule has 2 atom stereocenters. The topological polar surface area (TPSA) is 111 Å². The van der Waals surface area contributed by atoms with E-state index in [0.717, 1.165) is 16.7 Å². The molecule has 0 heterocycles. The number of nitrogens with two attached hydrogens (primary N) is 1. The van der Waals surface area contributed by atoms with Crippen LogP contribution in [0.15, 0.2) is 54.6 Å². The van der Waals surface area contributed by atoms with E-state index in [1.54, 1.807) is 0 Å². The van der Waals surface area contributed by atoms with E-state index in [4.69, 9.17) is 10.5 Å². The molecule has 4 N–H and O–H groups in total. The number of esters is 1. The van der Waals surface area contributed by atoms with E-state index in [-0.39, 0.29) is 13.2 Å². The quantitative estimate of drug-likeness (QED) is 0.519. The second-order valence-corrected chi connectivity index (χ2v) is 8.91. The molecule has 2 rings (SSSR count). The average molecular weight is 440 g/mol. The fraction of sp³-hybridized carbons (Fsp3) is 0.400.